The number of likely N-dealkylation sites (tertiary alicyclic amines) is 1. The van der Waals surface area contributed by atoms with E-state index in [-0.39, 0.29) is 17.7 Å². The molecule has 0 aliphatic carbocycles. The Labute approximate surface area is 119 Å². The number of rotatable bonds is 4. The lowest BCUT2D eigenvalue weighted by Gasteiger charge is -2.35. The van der Waals surface area contributed by atoms with Gasteiger partial charge in [0, 0.05) is 12.6 Å². The van der Waals surface area contributed by atoms with Gasteiger partial charge in [-0.05, 0) is 50.4 Å². The average molecular weight is 278 g/mol. The van der Waals surface area contributed by atoms with Gasteiger partial charge in [0.2, 0.25) is 0 Å². The van der Waals surface area contributed by atoms with Gasteiger partial charge in [-0.15, -0.1) is 0 Å². The van der Waals surface area contributed by atoms with E-state index in [9.17, 15) is 9.90 Å². The second kappa shape index (κ2) is 6.13. The highest BCUT2D eigenvalue weighted by Gasteiger charge is 2.27. The van der Waals surface area contributed by atoms with Crippen LogP contribution in [0.4, 0.5) is 5.69 Å². The molecule has 0 amide bonds. The van der Waals surface area contributed by atoms with E-state index in [0.29, 0.717) is 12.2 Å². The molecule has 2 unspecified atom stereocenters. The number of hydrogen-bond acceptors (Lipinski definition) is 4. The molecule has 0 saturated carbocycles. The van der Waals surface area contributed by atoms with E-state index in [1.54, 1.807) is 12.1 Å². The predicted molar refractivity (Wildman–Crippen MR) is 77.6 cm³/mol. The van der Waals surface area contributed by atoms with Crippen molar-refractivity contribution in [3.05, 3.63) is 23.8 Å². The number of nitrogen functional groups attached to an aromatic ring is 1. The minimum atomic E-state index is -0.698. The van der Waals surface area contributed by atoms with Crippen LogP contribution in [0, 0.1) is 5.92 Å². The van der Waals surface area contributed by atoms with Gasteiger partial charge >= 0.3 is 5.97 Å². The average Bonchev–Trinajstić information content (AvgIpc) is 2.43. The third kappa shape index (κ3) is 3.42. The predicted octanol–water partition coefficient (Wildman–Crippen LogP) is 1.70. The second-order valence-electron chi connectivity index (χ2n) is 5.62. The molecule has 1 aliphatic heterocycles. The number of piperidine rings is 1. The molecule has 1 saturated heterocycles. The number of anilines is 1. The lowest BCUT2D eigenvalue weighted by atomic mass is 9.95. The summed E-state index contributed by atoms with van der Waals surface area (Å²) < 4.78 is 0. The van der Waals surface area contributed by atoms with Crippen LogP contribution in [-0.2, 0) is 11.2 Å². The zero-order chi connectivity index (χ0) is 14.7. The smallest absolute Gasteiger partial charge is 0.307 e. The van der Waals surface area contributed by atoms with Crippen LogP contribution in [0.25, 0.3) is 0 Å². The van der Waals surface area contributed by atoms with Crippen molar-refractivity contribution in [1.29, 1.82) is 0 Å². The lowest BCUT2D eigenvalue weighted by molar-refractivity contribution is -0.143. The van der Waals surface area contributed by atoms with Crippen molar-refractivity contribution in [2.45, 2.75) is 32.2 Å². The van der Waals surface area contributed by atoms with Crippen molar-refractivity contribution in [2.24, 2.45) is 5.92 Å². The van der Waals surface area contributed by atoms with E-state index >= 15 is 0 Å². The fraction of sp³-hybridized carbons (Fsp3) is 0.533. The Morgan fingerprint density at radius 2 is 2.30 bits per heavy atom. The zero-order valence-electron chi connectivity index (χ0n) is 11.7. The molecule has 1 heterocycles. The number of carboxylic acids is 1. The van der Waals surface area contributed by atoms with Gasteiger partial charge in [0.15, 0.2) is 0 Å². The summed E-state index contributed by atoms with van der Waals surface area (Å²) in [5.74, 6) is -0.850. The van der Waals surface area contributed by atoms with Crippen LogP contribution in [0.5, 0.6) is 5.75 Å². The summed E-state index contributed by atoms with van der Waals surface area (Å²) in [6.07, 6.45) is 2.50. The first-order valence-corrected chi connectivity index (χ1v) is 7.01. The summed E-state index contributed by atoms with van der Waals surface area (Å²) in [5.41, 5.74) is 7.14. The third-order valence-corrected chi connectivity index (χ3v) is 4.05. The highest BCUT2D eigenvalue weighted by atomic mass is 16.4. The monoisotopic (exact) mass is 278 g/mol. The van der Waals surface area contributed by atoms with Crippen LogP contribution < -0.4 is 5.73 Å². The van der Waals surface area contributed by atoms with Crippen LogP contribution in [0.15, 0.2) is 18.2 Å². The van der Waals surface area contributed by atoms with Gasteiger partial charge in [0.05, 0.1) is 11.6 Å². The molecular weight excluding hydrogens is 256 g/mol. The van der Waals surface area contributed by atoms with Crippen LogP contribution in [0.3, 0.4) is 0 Å². The number of phenols is 1. The number of nitrogens with two attached hydrogens (primary N) is 1. The molecule has 5 heteroatoms. The van der Waals surface area contributed by atoms with E-state index in [1.165, 1.54) is 0 Å². The van der Waals surface area contributed by atoms with E-state index in [0.717, 1.165) is 31.4 Å². The van der Waals surface area contributed by atoms with E-state index in [4.69, 9.17) is 10.8 Å². The molecule has 0 spiro atoms. The number of hydrogen-bond donors (Lipinski definition) is 3. The molecule has 110 valence electrons. The Morgan fingerprint density at radius 3 is 2.95 bits per heavy atom. The first-order chi connectivity index (χ1) is 9.47. The van der Waals surface area contributed by atoms with Crippen LogP contribution in [-0.4, -0.2) is 40.2 Å². The fourth-order valence-electron chi connectivity index (χ4n) is 2.81. The van der Waals surface area contributed by atoms with Gasteiger partial charge < -0.3 is 15.9 Å². The molecule has 20 heavy (non-hydrogen) atoms. The molecule has 5 nitrogen and oxygen atoms in total. The summed E-state index contributed by atoms with van der Waals surface area (Å²) in [5, 5.41) is 18.5. The van der Waals surface area contributed by atoms with Crippen molar-refractivity contribution in [3.8, 4) is 5.75 Å². The SMILES string of the molecule is CC(Cc1ccc(O)c(N)c1)N1CCCC(C(=O)O)C1. The summed E-state index contributed by atoms with van der Waals surface area (Å²) in [7, 11) is 0. The van der Waals surface area contributed by atoms with Crippen molar-refractivity contribution < 1.29 is 15.0 Å². The molecule has 0 radical (unpaired) electrons. The fourth-order valence-corrected chi connectivity index (χ4v) is 2.81. The molecule has 1 aromatic rings. The normalized spacial score (nSPS) is 21.6. The number of nitrogens with zero attached hydrogens (tertiary/aromatic N) is 1. The highest BCUT2D eigenvalue weighted by Crippen LogP contribution is 2.24. The third-order valence-electron chi connectivity index (χ3n) is 4.05. The quantitative estimate of drug-likeness (QED) is 0.576. The summed E-state index contributed by atoms with van der Waals surface area (Å²) in [4.78, 5) is 13.3. The van der Waals surface area contributed by atoms with E-state index in [1.807, 2.05) is 6.07 Å². The standard InChI is InChI=1S/C15H22N2O3/c1-10(7-11-4-5-14(18)13(16)8-11)17-6-2-3-12(9-17)15(19)20/h4-5,8,10,12,18H,2-3,6-7,9,16H2,1H3,(H,19,20). The minimum absolute atomic E-state index is 0.102. The second-order valence-corrected chi connectivity index (χ2v) is 5.62. The summed E-state index contributed by atoms with van der Waals surface area (Å²) in [6.45, 7) is 3.66. The Hall–Kier alpha value is -1.75. The Morgan fingerprint density at radius 1 is 1.55 bits per heavy atom. The van der Waals surface area contributed by atoms with Gasteiger partial charge in [-0.2, -0.15) is 0 Å². The summed E-state index contributed by atoms with van der Waals surface area (Å²) in [6, 6.07) is 5.51. The molecule has 4 N–H and O–H groups in total. The molecule has 1 aliphatic rings. The molecule has 1 fully saturated rings. The maximum atomic E-state index is 11.1. The lowest BCUT2D eigenvalue weighted by Crippen LogP contribution is -2.44. The number of carbonyl (C=O) groups is 1. The van der Waals surface area contributed by atoms with E-state index < -0.39 is 5.97 Å². The molecule has 2 atom stereocenters. The number of benzene rings is 1. The number of phenolic OH excluding ortho intramolecular Hbond substituents is 1. The number of aliphatic carboxylic acids is 1. The first-order valence-electron chi connectivity index (χ1n) is 7.01. The minimum Gasteiger partial charge on any atom is -0.506 e. The maximum absolute atomic E-state index is 11.1. The van der Waals surface area contributed by atoms with Crippen molar-refractivity contribution in [3.63, 3.8) is 0 Å². The molecule has 2 rings (SSSR count). The van der Waals surface area contributed by atoms with Crippen LogP contribution in [0.1, 0.15) is 25.3 Å². The molecule has 0 bridgehead atoms. The van der Waals surface area contributed by atoms with Crippen molar-refractivity contribution in [1.82, 2.24) is 4.90 Å². The summed E-state index contributed by atoms with van der Waals surface area (Å²) >= 11 is 0. The van der Waals surface area contributed by atoms with Crippen molar-refractivity contribution >= 4 is 11.7 Å². The van der Waals surface area contributed by atoms with Crippen LogP contribution >= 0.6 is 0 Å². The topological polar surface area (TPSA) is 86.8 Å². The van der Waals surface area contributed by atoms with Crippen molar-refractivity contribution in [2.75, 3.05) is 18.8 Å². The van der Waals surface area contributed by atoms with Gasteiger partial charge in [0.25, 0.3) is 0 Å². The number of aromatic hydroxyl groups is 1. The molecule has 0 aromatic heterocycles. The Bertz CT molecular complexity index is 490. The van der Waals surface area contributed by atoms with Gasteiger partial charge in [-0.1, -0.05) is 6.07 Å². The number of carboxylic acid groups (broad SMARTS) is 1. The largest absolute Gasteiger partial charge is 0.506 e. The highest BCUT2D eigenvalue weighted by molar-refractivity contribution is 5.70. The zero-order valence-corrected chi connectivity index (χ0v) is 11.7. The van der Waals surface area contributed by atoms with Gasteiger partial charge in [-0.3, -0.25) is 9.69 Å². The molecular formula is C15H22N2O3. The first kappa shape index (κ1) is 14.7. The Kier molecular flexibility index (Phi) is 4.49. The van der Waals surface area contributed by atoms with Crippen LogP contribution in [0.2, 0.25) is 0 Å². The Balaban J connectivity index is 1.98. The van der Waals surface area contributed by atoms with Gasteiger partial charge in [0.1, 0.15) is 5.75 Å². The maximum Gasteiger partial charge on any atom is 0.307 e. The van der Waals surface area contributed by atoms with Gasteiger partial charge in [-0.25, -0.2) is 0 Å². The molecule has 1 aromatic carbocycles. The van der Waals surface area contributed by atoms with E-state index in [2.05, 4.69) is 11.8 Å².